The molecule has 1 aromatic carbocycles. The number of ether oxygens (including phenoxy) is 2. The van der Waals surface area contributed by atoms with Gasteiger partial charge in [-0.2, -0.15) is 0 Å². The van der Waals surface area contributed by atoms with Crippen LogP contribution < -0.4 is 10.1 Å². The molecule has 4 rings (SSSR count). The predicted molar refractivity (Wildman–Crippen MR) is 123 cm³/mol. The van der Waals surface area contributed by atoms with Crippen LogP contribution >= 0.6 is 0 Å². The van der Waals surface area contributed by atoms with E-state index in [-0.39, 0.29) is 6.61 Å². The zero-order valence-corrected chi connectivity index (χ0v) is 19.1. The molecular formula is C25H27N3O6. The maximum atomic E-state index is 12.5. The maximum absolute atomic E-state index is 12.5. The van der Waals surface area contributed by atoms with Crippen molar-refractivity contribution >= 4 is 17.7 Å². The fourth-order valence-corrected chi connectivity index (χ4v) is 3.58. The highest BCUT2D eigenvalue weighted by Crippen LogP contribution is 2.36. The van der Waals surface area contributed by atoms with Crippen LogP contribution in [0.1, 0.15) is 43.5 Å². The van der Waals surface area contributed by atoms with Crippen molar-refractivity contribution in [1.29, 1.82) is 0 Å². The molecule has 1 aliphatic rings. The van der Waals surface area contributed by atoms with Crippen molar-refractivity contribution in [2.24, 2.45) is 11.8 Å². The summed E-state index contributed by atoms with van der Waals surface area (Å²) < 4.78 is 16.5. The summed E-state index contributed by atoms with van der Waals surface area (Å²) in [6, 6.07) is 12.8. The molecule has 0 spiro atoms. The summed E-state index contributed by atoms with van der Waals surface area (Å²) in [5.74, 6) is -0.274. The molecule has 1 aliphatic carbocycles. The third-order valence-corrected chi connectivity index (χ3v) is 5.74. The zero-order valence-electron chi connectivity index (χ0n) is 19.1. The topological polar surface area (TPSA) is 124 Å². The predicted octanol–water partition coefficient (Wildman–Crippen LogP) is 5.23. The number of carbonyl (C=O) groups is 2. The molecule has 1 saturated carbocycles. The summed E-state index contributed by atoms with van der Waals surface area (Å²) in [4.78, 5) is 28.2. The number of carboxylic acid groups (broad SMARTS) is 1. The Bertz CT molecular complexity index is 1130. The van der Waals surface area contributed by atoms with Crippen LogP contribution in [0.5, 0.6) is 5.88 Å². The number of amides is 1. The quantitative estimate of drug-likeness (QED) is 0.417. The molecule has 1 amide bonds. The number of nitrogens with zero attached hydrogens (tertiary/aromatic N) is 2. The number of pyridine rings is 1. The summed E-state index contributed by atoms with van der Waals surface area (Å²) in [5.41, 5.74) is 2.33. The Morgan fingerprint density at radius 1 is 1.21 bits per heavy atom. The summed E-state index contributed by atoms with van der Waals surface area (Å²) in [6.45, 7) is 3.57. The molecule has 0 bridgehead atoms. The monoisotopic (exact) mass is 465 g/mol. The number of aliphatic carboxylic acids is 1. The first-order valence-corrected chi connectivity index (χ1v) is 11.2. The molecule has 3 aromatic rings. The molecule has 178 valence electrons. The van der Waals surface area contributed by atoms with Gasteiger partial charge in [-0.15, -0.1) is 0 Å². The molecule has 9 nitrogen and oxygen atoms in total. The van der Waals surface area contributed by atoms with Crippen LogP contribution in [0.4, 0.5) is 10.5 Å². The molecule has 2 heterocycles. The average molecular weight is 466 g/mol. The van der Waals surface area contributed by atoms with Crippen molar-refractivity contribution in [1.82, 2.24) is 10.1 Å². The third kappa shape index (κ3) is 5.92. The Balaban J connectivity index is 1.39. The fourth-order valence-electron chi connectivity index (χ4n) is 3.58. The van der Waals surface area contributed by atoms with Crippen molar-refractivity contribution in [2.45, 2.75) is 39.2 Å². The van der Waals surface area contributed by atoms with E-state index >= 15 is 0 Å². The van der Waals surface area contributed by atoms with Crippen molar-refractivity contribution in [3.63, 3.8) is 0 Å². The molecule has 0 saturated heterocycles. The Labute approximate surface area is 197 Å². The van der Waals surface area contributed by atoms with E-state index in [2.05, 4.69) is 15.5 Å². The van der Waals surface area contributed by atoms with E-state index in [9.17, 15) is 14.7 Å². The minimum Gasteiger partial charge on any atom is -0.481 e. The van der Waals surface area contributed by atoms with Gasteiger partial charge in [0.15, 0.2) is 5.76 Å². The van der Waals surface area contributed by atoms with Gasteiger partial charge in [-0.3, -0.25) is 10.1 Å². The van der Waals surface area contributed by atoms with Gasteiger partial charge in [0.1, 0.15) is 24.1 Å². The number of hydrogen-bond donors (Lipinski definition) is 2. The van der Waals surface area contributed by atoms with E-state index < -0.39 is 24.1 Å². The highest BCUT2D eigenvalue weighted by atomic mass is 16.6. The number of aryl methyl sites for hydroxylation is 1. The van der Waals surface area contributed by atoms with Gasteiger partial charge in [0.25, 0.3) is 0 Å². The summed E-state index contributed by atoms with van der Waals surface area (Å²) in [7, 11) is 0. The minimum absolute atomic E-state index is 0.0673. The molecule has 34 heavy (non-hydrogen) atoms. The van der Waals surface area contributed by atoms with E-state index in [1.54, 1.807) is 26.0 Å². The summed E-state index contributed by atoms with van der Waals surface area (Å²) in [6.07, 6.45) is 3.25. The first kappa shape index (κ1) is 23.3. The molecule has 1 fully saturated rings. The van der Waals surface area contributed by atoms with Crippen molar-refractivity contribution < 1.29 is 28.7 Å². The Hall–Kier alpha value is -3.88. The molecule has 0 aliphatic heterocycles. The van der Waals surface area contributed by atoms with Crippen LogP contribution in [0.3, 0.4) is 0 Å². The number of hydrogen-bond acceptors (Lipinski definition) is 7. The summed E-state index contributed by atoms with van der Waals surface area (Å²) >= 11 is 0. The van der Waals surface area contributed by atoms with E-state index in [0.29, 0.717) is 40.9 Å². The van der Waals surface area contributed by atoms with Gasteiger partial charge >= 0.3 is 12.1 Å². The van der Waals surface area contributed by atoms with Gasteiger partial charge in [-0.1, -0.05) is 48.3 Å². The van der Waals surface area contributed by atoms with Gasteiger partial charge in [0, 0.05) is 17.8 Å². The lowest BCUT2D eigenvalue weighted by Gasteiger charge is -2.14. The molecule has 9 heteroatoms. The van der Waals surface area contributed by atoms with E-state index in [1.165, 1.54) is 6.20 Å². The second kappa shape index (κ2) is 10.4. The highest BCUT2D eigenvalue weighted by molar-refractivity contribution is 5.90. The lowest BCUT2D eigenvalue weighted by atomic mass is 10.0. The van der Waals surface area contributed by atoms with Crippen LogP contribution in [-0.2, 0) is 9.53 Å². The number of anilines is 1. The van der Waals surface area contributed by atoms with Crippen LogP contribution in [0.25, 0.3) is 11.3 Å². The van der Waals surface area contributed by atoms with E-state index in [4.69, 9.17) is 14.0 Å². The van der Waals surface area contributed by atoms with Crippen LogP contribution in [0.2, 0.25) is 0 Å². The third-order valence-electron chi connectivity index (χ3n) is 5.74. The molecule has 2 N–H and O–H groups in total. The zero-order chi connectivity index (χ0) is 24.1. The lowest BCUT2D eigenvalue weighted by molar-refractivity contribution is -0.143. The van der Waals surface area contributed by atoms with Gasteiger partial charge in [0.05, 0.1) is 5.92 Å². The number of benzene rings is 1. The average Bonchev–Trinajstić information content (AvgIpc) is 3.59. The van der Waals surface area contributed by atoms with Crippen LogP contribution in [-0.4, -0.2) is 33.9 Å². The van der Waals surface area contributed by atoms with E-state index in [1.807, 2.05) is 30.3 Å². The van der Waals surface area contributed by atoms with Crippen LogP contribution in [0, 0.1) is 18.8 Å². The number of carboxylic acids is 1. The first-order chi connectivity index (χ1) is 16.4. The number of aromatic nitrogens is 2. The Morgan fingerprint density at radius 2 is 1.97 bits per heavy atom. The standard InChI is InChI=1S/C25H27N3O6/c1-15-22(27-25(31)33-16(2)18-6-4-3-5-7-18)23(34-28-15)19-10-11-21(26-13-19)32-14-20(24(29)30)12-17-8-9-17/h3-7,10-11,13,16-17,20H,8-9,12,14H2,1-2H3,(H,27,31)(H,29,30). The maximum Gasteiger partial charge on any atom is 0.412 e. The molecule has 2 aromatic heterocycles. The second-order valence-corrected chi connectivity index (χ2v) is 8.47. The Kier molecular flexibility index (Phi) is 7.10. The highest BCUT2D eigenvalue weighted by Gasteiger charge is 2.29. The SMILES string of the molecule is Cc1noc(-c2ccc(OCC(CC3CC3)C(=O)O)nc2)c1NC(=O)OC(C)c1ccccc1. The normalized spacial score (nSPS) is 14.8. The van der Waals surface area contributed by atoms with E-state index in [0.717, 1.165) is 18.4 Å². The number of carbonyl (C=O) groups excluding carboxylic acids is 1. The van der Waals surface area contributed by atoms with Gasteiger partial charge < -0.3 is 19.1 Å². The smallest absolute Gasteiger partial charge is 0.412 e. The Morgan fingerprint density at radius 3 is 2.62 bits per heavy atom. The molecule has 2 atom stereocenters. The van der Waals surface area contributed by atoms with Crippen molar-refractivity contribution in [3.8, 4) is 17.2 Å². The first-order valence-electron chi connectivity index (χ1n) is 11.2. The molecule has 2 unspecified atom stereocenters. The van der Waals surface area contributed by atoms with Gasteiger partial charge in [0.2, 0.25) is 5.88 Å². The largest absolute Gasteiger partial charge is 0.481 e. The minimum atomic E-state index is -0.857. The molecule has 0 radical (unpaired) electrons. The number of nitrogens with one attached hydrogen (secondary N) is 1. The second-order valence-electron chi connectivity index (χ2n) is 8.47. The number of rotatable bonds is 10. The van der Waals surface area contributed by atoms with Gasteiger partial charge in [-0.05, 0) is 37.8 Å². The van der Waals surface area contributed by atoms with Crippen molar-refractivity contribution in [2.75, 3.05) is 11.9 Å². The van der Waals surface area contributed by atoms with Crippen LogP contribution in [0.15, 0.2) is 53.2 Å². The van der Waals surface area contributed by atoms with Crippen molar-refractivity contribution in [3.05, 3.63) is 59.9 Å². The van der Waals surface area contributed by atoms with Gasteiger partial charge in [-0.25, -0.2) is 9.78 Å². The molecular weight excluding hydrogens is 438 g/mol. The lowest BCUT2D eigenvalue weighted by Crippen LogP contribution is -2.22. The fraction of sp³-hybridized carbons (Fsp3) is 0.360. The summed E-state index contributed by atoms with van der Waals surface area (Å²) in [5, 5.41) is 16.0.